The largest absolute Gasteiger partial charge is 0.415 e. The van der Waals surface area contributed by atoms with Crippen LogP contribution in [0.4, 0.5) is 4.79 Å². The molecule has 1 amide bonds. The number of carbonyl (C=O) groups excluding carboxylic acids is 1. The lowest BCUT2D eigenvalue weighted by atomic mass is 9.98. The number of fused-ring (bicyclic) bond motifs is 1. The van der Waals surface area contributed by atoms with Crippen molar-refractivity contribution in [2.45, 2.75) is 32.7 Å². The van der Waals surface area contributed by atoms with Crippen LogP contribution in [0.3, 0.4) is 0 Å². The number of hydrogen-bond acceptors (Lipinski definition) is 2. The number of cyclic esters (lactones) is 1. The van der Waals surface area contributed by atoms with Crippen LogP contribution < -0.4 is 0 Å². The molecule has 0 unspecified atom stereocenters. The highest BCUT2D eigenvalue weighted by molar-refractivity contribution is 9.15. The molecule has 23 heavy (non-hydrogen) atoms. The number of nitrogens with zero attached hydrogens (tertiary/aromatic N) is 1. The van der Waals surface area contributed by atoms with E-state index < -0.39 is 5.54 Å². The Bertz CT molecular complexity index is 795. The molecule has 1 aliphatic heterocycles. The van der Waals surface area contributed by atoms with Crippen molar-refractivity contribution in [2.24, 2.45) is 0 Å². The lowest BCUT2D eigenvalue weighted by Crippen LogP contribution is -2.41. The first-order chi connectivity index (χ1) is 10.9. The van der Waals surface area contributed by atoms with E-state index in [2.05, 4.69) is 47.1 Å². The Morgan fingerprint density at radius 1 is 1.17 bits per heavy atom. The average molecular weight is 374 g/mol. The van der Waals surface area contributed by atoms with Gasteiger partial charge < -0.3 is 4.74 Å². The monoisotopic (exact) mass is 373 g/mol. The molecule has 3 nitrogen and oxygen atoms in total. The standard InChI is InChI=1S/C19H20BrNO2/c1-4-11-21-18(22)23-17(19(21,2)3)16(20)15-10-9-13-7-5-6-8-14(13)12-15/h5-10,12H,4,11H2,1-3H3/b17-16+. The number of benzene rings is 2. The first kappa shape index (κ1) is 16.1. The predicted molar refractivity (Wildman–Crippen MR) is 97.4 cm³/mol. The topological polar surface area (TPSA) is 29.5 Å². The average Bonchev–Trinajstić information content (AvgIpc) is 2.77. The van der Waals surface area contributed by atoms with Crippen molar-refractivity contribution >= 4 is 37.3 Å². The highest BCUT2D eigenvalue weighted by Crippen LogP contribution is 2.41. The summed E-state index contributed by atoms with van der Waals surface area (Å²) in [5.41, 5.74) is 0.551. The molecule has 0 saturated carbocycles. The van der Waals surface area contributed by atoms with E-state index in [1.165, 1.54) is 5.39 Å². The number of amides is 1. The highest BCUT2D eigenvalue weighted by Gasteiger charge is 2.45. The lowest BCUT2D eigenvalue weighted by Gasteiger charge is -2.28. The Hall–Kier alpha value is -1.81. The van der Waals surface area contributed by atoms with Crippen LogP contribution in [0.2, 0.25) is 0 Å². The molecule has 1 heterocycles. The molecule has 0 aromatic heterocycles. The normalized spacial score (nSPS) is 19.1. The van der Waals surface area contributed by atoms with Gasteiger partial charge in [-0.1, -0.05) is 43.3 Å². The van der Waals surface area contributed by atoms with E-state index in [0.29, 0.717) is 12.3 Å². The zero-order valence-electron chi connectivity index (χ0n) is 13.6. The number of ether oxygens (including phenoxy) is 1. The summed E-state index contributed by atoms with van der Waals surface area (Å²) in [5.74, 6) is 0.672. The maximum Gasteiger partial charge on any atom is 0.415 e. The molecule has 2 aromatic carbocycles. The van der Waals surface area contributed by atoms with Gasteiger partial charge in [0.15, 0.2) is 0 Å². The zero-order valence-corrected chi connectivity index (χ0v) is 15.2. The van der Waals surface area contributed by atoms with E-state index in [1.54, 1.807) is 4.90 Å². The van der Waals surface area contributed by atoms with E-state index >= 15 is 0 Å². The molecule has 0 N–H and O–H groups in total. The number of carbonyl (C=O) groups is 1. The Kier molecular flexibility index (Phi) is 4.19. The minimum atomic E-state index is -0.461. The smallest absolute Gasteiger partial charge is 0.411 e. The van der Waals surface area contributed by atoms with Crippen LogP contribution in [0.25, 0.3) is 15.3 Å². The van der Waals surface area contributed by atoms with E-state index in [-0.39, 0.29) is 6.09 Å². The van der Waals surface area contributed by atoms with Gasteiger partial charge in [0.2, 0.25) is 0 Å². The van der Waals surface area contributed by atoms with Gasteiger partial charge in [-0.25, -0.2) is 4.79 Å². The van der Waals surface area contributed by atoms with Gasteiger partial charge in [-0.3, -0.25) is 4.90 Å². The summed E-state index contributed by atoms with van der Waals surface area (Å²) in [7, 11) is 0. The van der Waals surface area contributed by atoms with Gasteiger partial charge >= 0.3 is 6.09 Å². The fourth-order valence-electron chi connectivity index (χ4n) is 2.98. The van der Waals surface area contributed by atoms with Crippen LogP contribution in [-0.2, 0) is 4.74 Å². The van der Waals surface area contributed by atoms with Crippen molar-refractivity contribution in [3.8, 4) is 0 Å². The first-order valence-corrected chi connectivity index (χ1v) is 8.63. The van der Waals surface area contributed by atoms with Gasteiger partial charge in [-0.2, -0.15) is 0 Å². The van der Waals surface area contributed by atoms with Gasteiger partial charge in [0.25, 0.3) is 0 Å². The third-order valence-corrected chi connectivity index (χ3v) is 5.11. The number of hydrogen-bond donors (Lipinski definition) is 0. The Labute approximate surface area is 145 Å². The predicted octanol–water partition coefficient (Wildman–Crippen LogP) is 5.54. The maximum absolute atomic E-state index is 12.2. The number of rotatable bonds is 3. The fraction of sp³-hybridized carbons (Fsp3) is 0.316. The summed E-state index contributed by atoms with van der Waals surface area (Å²) in [5, 5.41) is 2.35. The van der Waals surface area contributed by atoms with E-state index in [4.69, 9.17) is 4.74 Å². The second-order valence-electron chi connectivity index (χ2n) is 6.28. The van der Waals surface area contributed by atoms with Crippen molar-refractivity contribution < 1.29 is 9.53 Å². The summed E-state index contributed by atoms with van der Waals surface area (Å²) in [6.07, 6.45) is 0.629. The van der Waals surface area contributed by atoms with E-state index in [1.807, 2.05) is 32.0 Å². The van der Waals surface area contributed by atoms with E-state index in [0.717, 1.165) is 21.9 Å². The molecule has 0 bridgehead atoms. The van der Waals surface area contributed by atoms with Crippen LogP contribution in [0.1, 0.15) is 32.8 Å². The molecule has 0 aliphatic carbocycles. The second-order valence-corrected chi connectivity index (χ2v) is 7.08. The molecule has 1 aliphatic rings. The third-order valence-electron chi connectivity index (χ3n) is 4.29. The van der Waals surface area contributed by atoms with Crippen molar-refractivity contribution in [1.82, 2.24) is 4.90 Å². The lowest BCUT2D eigenvalue weighted by molar-refractivity contribution is 0.157. The summed E-state index contributed by atoms with van der Waals surface area (Å²) in [4.78, 5) is 14.0. The third kappa shape index (κ3) is 2.76. The van der Waals surface area contributed by atoms with Crippen LogP contribution >= 0.6 is 15.9 Å². The van der Waals surface area contributed by atoms with Crippen molar-refractivity contribution in [3.63, 3.8) is 0 Å². The summed E-state index contributed by atoms with van der Waals surface area (Å²) in [6.45, 7) is 6.78. The van der Waals surface area contributed by atoms with Crippen LogP contribution in [0.15, 0.2) is 48.2 Å². The van der Waals surface area contributed by atoms with Gasteiger partial charge in [0.05, 0.1) is 10.0 Å². The van der Waals surface area contributed by atoms with Crippen LogP contribution in [0, 0.1) is 0 Å². The molecule has 2 aromatic rings. The first-order valence-electron chi connectivity index (χ1n) is 7.84. The molecule has 1 fully saturated rings. The van der Waals surface area contributed by atoms with Crippen molar-refractivity contribution in [3.05, 3.63) is 53.8 Å². The minimum absolute atomic E-state index is 0.274. The Morgan fingerprint density at radius 3 is 2.57 bits per heavy atom. The van der Waals surface area contributed by atoms with Gasteiger partial charge in [-0.15, -0.1) is 0 Å². The van der Waals surface area contributed by atoms with Gasteiger partial charge in [0.1, 0.15) is 5.76 Å². The molecule has 3 rings (SSSR count). The number of halogens is 1. The summed E-state index contributed by atoms with van der Waals surface area (Å²) >= 11 is 3.66. The Morgan fingerprint density at radius 2 is 1.87 bits per heavy atom. The van der Waals surface area contributed by atoms with E-state index in [9.17, 15) is 4.79 Å². The molecule has 1 saturated heterocycles. The summed E-state index contributed by atoms with van der Waals surface area (Å²) < 4.78 is 6.42. The molecular formula is C19H20BrNO2. The highest BCUT2D eigenvalue weighted by atomic mass is 79.9. The summed E-state index contributed by atoms with van der Waals surface area (Å²) in [6, 6.07) is 14.5. The maximum atomic E-state index is 12.2. The molecule has 0 radical (unpaired) electrons. The molecule has 120 valence electrons. The zero-order chi connectivity index (χ0) is 16.6. The molecule has 0 atom stereocenters. The molecule has 4 heteroatoms. The minimum Gasteiger partial charge on any atom is -0.411 e. The Balaban J connectivity index is 2.07. The van der Waals surface area contributed by atoms with Gasteiger partial charge in [-0.05, 0) is 58.6 Å². The SMILES string of the molecule is CCCN1C(=O)O/C(=C(/Br)c2ccc3ccccc3c2)C1(C)C. The quantitative estimate of drug-likeness (QED) is 0.706. The fourth-order valence-corrected chi connectivity index (χ4v) is 3.80. The van der Waals surface area contributed by atoms with Crippen molar-refractivity contribution in [1.29, 1.82) is 0 Å². The van der Waals surface area contributed by atoms with Gasteiger partial charge in [0, 0.05) is 6.54 Å². The molecular weight excluding hydrogens is 354 g/mol. The van der Waals surface area contributed by atoms with Crippen LogP contribution in [0.5, 0.6) is 0 Å². The van der Waals surface area contributed by atoms with Crippen LogP contribution in [-0.4, -0.2) is 23.1 Å². The second kappa shape index (κ2) is 6.00. The molecule has 0 spiro atoms. The van der Waals surface area contributed by atoms with Crippen molar-refractivity contribution in [2.75, 3.05) is 6.54 Å².